The summed E-state index contributed by atoms with van der Waals surface area (Å²) >= 11 is 0. The number of ether oxygens (including phenoxy) is 1. The van der Waals surface area contributed by atoms with Gasteiger partial charge in [-0.2, -0.15) is 5.10 Å². The summed E-state index contributed by atoms with van der Waals surface area (Å²) in [4.78, 5) is 14.6. The van der Waals surface area contributed by atoms with Crippen LogP contribution in [0.3, 0.4) is 0 Å². The molecule has 1 amide bonds. The number of hydrogen-bond donors (Lipinski definition) is 1. The highest BCUT2D eigenvalue weighted by atomic mass is 16.5. The maximum absolute atomic E-state index is 12.8. The van der Waals surface area contributed by atoms with Crippen LogP contribution in [0.15, 0.2) is 0 Å². The third-order valence-electron chi connectivity index (χ3n) is 3.45. The van der Waals surface area contributed by atoms with Gasteiger partial charge < -0.3 is 15.4 Å². The lowest BCUT2D eigenvalue weighted by molar-refractivity contribution is -0.171. The van der Waals surface area contributed by atoms with Gasteiger partial charge in [-0.05, 0) is 34.6 Å². The molecule has 1 saturated heterocycles. The van der Waals surface area contributed by atoms with E-state index >= 15 is 0 Å². The Morgan fingerprint density at radius 3 is 2.15 bits per heavy atom. The normalized spacial score (nSPS) is 21.0. The summed E-state index contributed by atoms with van der Waals surface area (Å²) < 4.78 is 7.55. The van der Waals surface area contributed by atoms with Crippen LogP contribution in [-0.4, -0.2) is 44.9 Å². The molecular formula is C14H24N4O2. The molecular weight excluding hydrogens is 256 g/mol. The Kier molecular flexibility index (Phi) is 3.32. The molecule has 2 rings (SSSR count). The second kappa shape index (κ2) is 4.48. The number of aryl methyl sites for hydroxylation is 2. The van der Waals surface area contributed by atoms with Gasteiger partial charge in [-0.25, -0.2) is 0 Å². The highest BCUT2D eigenvalue weighted by molar-refractivity contribution is 5.98. The van der Waals surface area contributed by atoms with E-state index in [2.05, 4.69) is 5.10 Å². The first kappa shape index (κ1) is 14.8. The molecule has 0 radical (unpaired) electrons. The quantitative estimate of drug-likeness (QED) is 0.842. The fraction of sp³-hybridized carbons (Fsp3) is 0.714. The van der Waals surface area contributed by atoms with E-state index in [1.165, 1.54) is 0 Å². The minimum absolute atomic E-state index is 0.0879. The molecule has 0 spiro atoms. The van der Waals surface area contributed by atoms with Crippen molar-refractivity contribution in [2.75, 3.05) is 18.8 Å². The summed E-state index contributed by atoms with van der Waals surface area (Å²) in [6, 6.07) is 0. The van der Waals surface area contributed by atoms with Crippen LogP contribution in [0.2, 0.25) is 0 Å². The van der Waals surface area contributed by atoms with Crippen molar-refractivity contribution in [1.82, 2.24) is 14.7 Å². The van der Waals surface area contributed by atoms with Crippen molar-refractivity contribution in [3.8, 4) is 0 Å². The predicted octanol–water partition coefficient (Wildman–Crippen LogP) is 1.34. The standard InChI is InChI=1S/C14H24N4O2/c1-9-10(15)11(17(6)16-9)12(19)18-7-13(2,3)20-14(4,5)8-18/h7-8,15H2,1-6H3. The van der Waals surface area contributed by atoms with Crippen molar-refractivity contribution >= 4 is 11.6 Å². The number of rotatable bonds is 1. The van der Waals surface area contributed by atoms with Crippen molar-refractivity contribution in [3.63, 3.8) is 0 Å². The second-order valence-electron chi connectivity index (χ2n) is 6.75. The van der Waals surface area contributed by atoms with Crippen molar-refractivity contribution in [2.24, 2.45) is 7.05 Å². The SMILES string of the molecule is Cc1nn(C)c(C(=O)N2CC(C)(C)OC(C)(C)C2)c1N. The molecule has 1 fully saturated rings. The predicted molar refractivity (Wildman–Crippen MR) is 77.5 cm³/mol. The molecule has 2 N–H and O–H groups in total. The third kappa shape index (κ3) is 2.65. The van der Waals surface area contributed by atoms with Gasteiger partial charge in [0.05, 0.1) is 22.6 Å². The molecule has 20 heavy (non-hydrogen) atoms. The Morgan fingerprint density at radius 1 is 1.25 bits per heavy atom. The van der Waals surface area contributed by atoms with E-state index in [9.17, 15) is 4.79 Å². The number of nitrogens with two attached hydrogens (primary N) is 1. The van der Waals surface area contributed by atoms with Crippen LogP contribution in [0.1, 0.15) is 43.9 Å². The minimum Gasteiger partial charge on any atom is -0.395 e. The second-order valence-corrected chi connectivity index (χ2v) is 6.75. The summed E-state index contributed by atoms with van der Waals surface area (Å²) in [5.41, 5.74) is 6.83. The van der Waals surface area contributed by atoms with Gasteiger partial charge in [0.1, 0.15) is 5.69 Å². The molecule has 0 atom stereocenters. The summed E-state index contributed by atoms with van der Waals surface area (Å²) in [5, 5.41) is 4.21. The number of nitrogen functional groups attached to an aromatic ring is 1. The number of anilines is 1. The number of carbonyl (C=O) groups is 1. The Labute approximate surface area is 119 Å². The van der Waals surface area contributed by atoms with Crippen LogP contribution < -0.4 is 5.73 Å². The van der Waals surface area contributed by atoms with E-state index in [0.29, 0.717) is 30.2 Å². The lowest BCUT2D eigenvalue weighted by atomic mass is 9.98. The van der Waals surface area contributed by atoms with Gasteiger partial charge in [0.25, 0.3) is 5.91 Å². The molecule has 0 bridgehead atoms. The van der Waals surface area contributed by atoms with E-state index in [0.717, 1.165) is 0 Å². The minimum atomic E-state index is -0.375. The average molecular weight is 280 g/mol. The zero-order valence-electron chi connectivity index (χ0n) is 13.1. The van der Waals surface area contributed by atoms with Gasteiger partial charge in [0.15, 0.2) is 0 Å². The number of hydrogen-bond acceptors (Lipinski definition) is 4. The van der Waals surface area contributed by atoms with Gasteiger partial charge >= 0.3 is 0 Å². The highest BCUT2D eigenvalue weighted by Gasteiger charge is 2.41. The molecule has 1 aliphatic rings. The summed E-state index contributed by atoms with van der Waals surface area (Å²) in [6.07, 6.45) is 0. The Balaban J connectivity index is 2.33. The first-order chi connectivity index (χ1) is 9.02. The van der Waals surface area contributed by atoms with Crippen LogP contribution in [0, 0.1) is 6.92 Å². The van der Waals surface area contributed by atoms with E-state index in [4.69, 9.17) is 10.5 Å². The molecule has 0 aromatic carbocycles. The number of carbonyl (C=O) groups excluding carboxylic acids is 1. The van der Waals surface area contributed by atoms with Crippen molar-refractivity contribution in [2.45, 2.75) is 45.8 Å². The summed E-state index contributed by atoms with van der Waals surface area (Å²) in [5.74, 6) is -0.0879. The van der Waals surface area contributed by atoms with Crippen LogP contribution in [0.25, 0.3) is 0 Å². The molecule has 0 unspecified atom stereocenters. The van der Waals surface area contributed by atoms with E-state index in [-0.39, 0.29) is 17.1 Å². The number of nitrogens with zero attached hydrogens (tertiary/aromatic N) is 3. The van der Waals surface area contributed by atoms with E-state index < -0.39 is 0 Å². The zero-order valence-corrected chi connectivity index (χ0v) is 13.1. The Hall–Kier alpha value is -1.56. The van der Waals surface area contributed by atoms with Crippen LogP contribution in [0.4, 0.5) is 5.69 Å². The maximum Gasteiger partial charge on any atom is 0.274 e. The van der Waals surface area contributed by atoms with Gasteiger partial charge in [0, 0.05) is 20.1 Å². The maximum atomic E-state index is 12.8. The van der Waals surface area contributed by atoms with Crippen LogP contribution in [0.5, 0.6) is 0 Å². The van der Waals surface area contributed by atoms with Crippen molar-refractivity contribution in [1.29, 1.82) is 0 Å². The lowest BCUT2D eigenvalue weighted by Gasteiger charge is -2.47. The first-order valence-electron chi connectivity index (χ1n) is 6.81. The number of aromatic nitrogens is 2. The van der Waals surface area contributed by atoms with Crippen LogP contribution >= 0.6 is 0 Å². The average Bonchev–Trinajstić information content (AvgIpc) is 2.48. The zero-order chi connectivity index (χ0) is 15.3. The molecule has 6 nitrogen and oxygen atoms in total. The molecule has 0 saturated carbocycles. The van der Waals surface area contributed by atoms with Crippen molar-refractivity contribution in [3.05, 3.63) is 11.4 Å². The monoisotopic (exact) mass is 280 g/mol. The van der Waals surface area contributed by atoms with E-state index in [1.807, 2.05) is 27.7 Å². The largest absolute Gasteiger partial charge is 0.395 e. The molecule has 0 aliphatic carbocycles. The lowest BCUT2D eigenvalue weighted by Crippen LogP contribution is -2.58. The fourth-order valence-electron chi connectivity index (χ4n) is 3.01. The molecule has 1 aliphatic heterocycles. The van der Waals surface area contributed by atoms with Crippen molar-refractivity contribution < 1.29 is 9.53 Å². The van der Waals surface area contributed by atoms with E-state index in [1.54, 1.807) is 23.6 Å². The van der Waals surface area contributed by atoms with Gasteiger partial charge in [-0.15, -0.1) is 0 Å². The Morgan fingerprint density at radius 2 is 1.75 bits per heavy atom. The fourth-order valence-corrected chi connectivity index (χ4v) is 3.01. The smallest absolute Gasteiger partial charge is 0.274 e. The molecule has 1 aromatic heterocycles. The molecule has 2 heterocycles. The molecule has 112 valence electrons. The molecule has 1 aromatic rings. The highest BCUT2D eigenvalue weighted by Crippen LogP contribution is 2.30. The Bertz CT molecular complexity index is 530. The van der Waals surface area contributed by atoms with Gasteiger partial charge in [0.2, 0.25) is 0 Å². The number of amides is 1. The summed E-state index contributed by atoms with van der Waals surface area (Å²) in [7, 11) is 1.74. The first-order valence-corrected chi connectivity index (χ1v) is 6.81. The topological polar surface area (TPSA) is 73.4 Å². The van der Waals surface area contributed by atoms with Crippen LogP contribution in [-0.2, 0) is 11.8 Å². The third-order valence-corrected chi connectivity index (χ3v) is 3.45. The van der Waals surface area contributed by atoms with Gasteiger partial charge in [-0.3, -0.25) is 9.48 Å². The molecule has 6 heteroatoms. The van der Waals surface area contributed by atoms with Gasteiger partial charge in [-0.1, -0.05) is 0 Å². The number of morpholine rings is 1. The summed E-state index contributed by atoms with van der Waals surface area (Å²) in [6.45, 7) is 10.9.